The minimum atomic E-state index is -0.187. The molecule has 0 aliphatic carbocycles. The van der Waals surface area contributed by atoms with E-state index in [1.807, 2.05) is 0 Å². The smallest absolute Gasteiger partial charge is 0.132 e. The summed E-state index contributed by atoms with van der Waals surface area (Å²) in [4.78, 5) is 0. The molecule has 120 valence electrons. The average molecular weight is 308 g/mol. The van der Waals surface area contributed by atoms with Crippen LogP contribution < -0.4 is 0 Å². The van der Waals surface area contributed by atoms with Crippen LogP contribution >= 0.6 is 11.8 Å². The molecule has 0 N–H and O–H groups in total. The van der Waals surface area contributed by atoms with Gasteiger partial charge in [-0.3, -0.25) is 0 Å². The summed E-state index contributed by atoms with van der Waals surface area (Å²) >= 11 is 1.78. The third-order valence-electron chi connectivity index (χ3n) is 3.52. The first-order valence-corrected chi connectivity index (χ1v) is 8.12. The van der Waals surface area contributed by atoms with Crippen molar-refractivity contribution in [3.63, 3.8) is 0 Å². The van der Waals surface area contributed by atoms with Crippen LogP contribution in [0.25, 0.3) is 0 Å². The number of ether oxygens (including phenoxy) is 5. The van der Waals surface area contributed by atoms with E-state index < -0.39 is 0 Å². The molecule has 5 nitrogen and oxygen atoms in total. The lowest BCUT2D eigenvalue weighted by Crippen LogP contribution is -2.59. The van der Waals surface area contributed by atoms with Crippen LogP contribution in [0.5, 0.6) is 0 Å². The normalized spacial score (nSPS) is 34.4. The Morgan fingerprint density at radius 2 is 1.60 bits per heavy atom. The Bertz CT molecular complexity index is 254. The number of unbranched alkanes of at least 4 members (excludes halogenated alkanes) is 1. The number of rotatable bonds is 9. The van der Waals surface area contributed by atoms with Crippen LogP contribution in [0.15, 0.2) is 0 Å². The molecule has 1 rings (SSSR count). The van der Waals surface area contributed by atoms with E-state index in [0.29, 0.717) is 6.61 Å². The standard InChI is InChI=1S/C14H28O5S/c1-6-7-8-20-14-13(18-5)12(17-4)11(16-3)10(19-14)9-15-2/h10-14H,6-9H2,1-5H3/t10-,11+,12+,13-,14+/m1/s1. The molecule has 0 bridgehead atoms. The van der Waals surface area contributed by atoms with E-state index in [2.05, 4.69) is 6.92 Å². The number of hydrogen-bond acceptors (Lipinski definition) is 6. The van der Waals surface area contributed by atoms with Crippen LogP contribution in [-0.4, -0.2) is 70.7 Å². The molecular formula is C14H28O5S. The molecule has 1 fully saturated rings. The van der Waals surface area contributed by atoms with Crippen molar-refractivity contribution in [2.24, 2.45) is 0 Å². The Labute approximate surface area is 126 Å². The highest BCUT2D eigenvalue weighted by molar-refractivity contribution is 7.99. The second kappa shape index (κ2) is 9.97. The first kappa shape index (κ1) is 18.2. The van der Waals surface area contributed by atoms with Crippen LogP contribution in [0, 0.1) is 0 Å². The Kier molecular flexibility index (Phi) is 9.08. The van der Waals surface area contributed by atoms with Gasteiger partial charge in [0.1, 0.15) is 29.9 Å². The van der Waals surface area contributed by atoms with Crippen LogP contribution in [0.3, 0.4) is 0 Å². The van der Waals surface area contributed by atoms with Crippen molar-refractivity contribution in [3.8, 4) is 0 Å². The quantitative estimate of drug-likeness (QED) is 0.607. The van der Waals surface area contributed by atoms with Gasteiger partial charge >= 0.3 is 0 Å². The van der Waals surface area contributed by atoms with Gasteiger partial charge in [-0.1, -0.05) is 13.3 Å². The molecule has 0 amide bonds. The first-order valence-electron chi connectivity index (χ1n) is 7.07. The maximum Gasteiger partial charge on any atom is 0.132 e. The third kappa shape index (κ3) is 4.58. The fourth-order valence-corrected chi connectivity index (χ4v) is 3.82. The molecule has 0 saturated carbocycles. The summed E-state index contributed by atoms with van der Waals surface area (Å²) in [6, 6.07) is 0. The Morgan fingerprint density at radius 3 is 2.10 bits per heavy atom. The summed E-state index contributed by atoms with van der Waals surface area (Å²) in [5.41, 5.74) is -0.0527. The van der Waals surface area contributed by atoms with Crippen molar-refractivity contribution in [1.29, 1.82) is 0 Å². The second-order valence-electron chi connectivity index (χ2n) is 4.82. The van der Waals surface area contributed by atoms with Gasteiger partial charge in [0.2, 0.25) is 0 Å². The largest absolute Gasteiger partial charge is 0.382 e. The van der Waals surface area contributed by atoms with Crippen molar-refractivity contribution >= 4 is 11.8 Å². The van der Waals surface area contributed by atoms with E-state index >= 15 is 0 Å². The summed E-state index contributed by atoms with van der Waals surface area (Å²) in [6.07, 6.45) is 1.72. The van der Waals surface area contributed by atoms with Gasteiger partial charge in [-0.05, 0) is 12.2 Å². The maximum absolute atomic E-state index is 6.12. The van der Waals surface area contributed by atoms with E-state index in [4.69, 9.17) is 23.7 Å². The molecule has 0 unspecified atom stereocenters. The lowest BCUT2D eigenvalue weighted by Gasteiger charge is -2.44. The summed E-state index contributed by atoms with van der Waals surface area (Å²) < 4.78 is 28.1. The van der Waals surface area contributed by atoms with E-state index in [1.165, 1.54) is 12.8 Å². The van der Waals surface area contributed by atoms with Gasteiger partial charge in [-0.2, -0.15) is 0 Å². The van der Waals surface area contributed by atoms with Gasteiger partial charge in [0.25, 0.3) is 0 Å². The number of hydrogen-bond donors (Lipinski definition) is 0. The molecular weight excluding hydrogens is 280 g/mol. The minimum absolute atomic E-state index is 0.0527. The van der Waals surface area contributed by atoms with E-state index in [-0.39, 0.29) is 29.9 Å². The first-order chi connectivity index (χ1) is 9.73. The summed E-state index contributed by atoms with van der Waals surface area (Å²) in [7, 11) is 6.71. The Morgan fingerprint density at radius 1 is 0.950 bits per heavy atom. The van der Waals surface area contributed by atoms with Crippen LogP contribution in [0.2, 0.25) is 0 Å². The molecule has 1 aliphatic rings. The fraction of sp³-hybridized carbons (Fsp3) is 1.00. The van der Waals surface area contributed by atoms with Crippen LogP contribution in [0.4, 0.5) is 0 Å². The topological polar surface area (TPSA) is 46.2 Å². The average Bonchev–Trinajstić information content (AvgIpc) is 2.47. The summed E-state index contributed by atoms with van der Waals surface area (Å²) in [6.45, 7) is 2.67. The zero-order chi connectivity index (χ0) is 15.0. The van der Waals surface area contributed by atoms with Crippen LogP contribution in [0.1, 0.15) is 19.8 Å². The van der Waals surface area contributed by atoms with Gasteiger partial charge in [0, 0.05) is 28.4 Å². The predicted octanol–water partition coefficient (Wildman–Crippen LogP) is 1.94. The second-order valence-corrected chi connectivity index (χ2v) is 6.03. The minimum Gasteiger partial charge on any atom is -0.382 e. The van der Waals surface area contributed by atoms with Gasteiger partial charge in [-0.25, -0.2) is 0 Å². The SMILES string of the molecule is CCCCS[C@@H]1O[C@H](COC)[C@H](OC)[C@H](OC)[C@H]1OC. The van der Waals surface area contributed by atoms with Crippen molar-refractivity contribution in [1.82, 2.24) is 0 Å². The van der Waals surface area contributed by atoms with Crippen molar-refractivity contribution in [2.75, 3.05) is 40.8 Å². The lowest BCUT2D eigenvalue weighted by molar-refractivity contribution is -0.229. The van der Waals surface area contributed by atoms with Gasteiger partial charge in [0.15, 0.2) is 0 Å². The molecule has 0 aromatic carbocycles. The van der Waals surface area contributed by atoms with E-state index in [1.54, 1.807) is 40.2 Å². The molecule has 0 radical (unpaired) electrons. The number of thioether (sulfide) groups is 1. The molecule has 6 heteroatoms. The maximum atomic E-state index is 6.12. The van der Waals surface area contributed by atoms with Gasteiger partial charge in [-0.15, -0.1) is 11.8 Å². The molecule has 0 spiro atoms. The Balaban J connectivity index is 2.77. The third-order valence-corrected chi connectivity index (χ3v) is 4.75. The highest BCUT2D eigenvalue weighted by atomic mass is 32.2. The Hall–Kier alpha value is 0.150. The highest BCUT2D eigenvalue weighted by Gasteiger charge is 2.46. The fourth-order valence-electron chi connectivity index (χ4n) is 2.46. The van der Waals surface area contributed by atoms with Crippen molar-refractivity contribution in [2.45, 2.75) is 49.6 Å². The zero-order valence-corrected chi connectivity index (χ0v) is 14.0. The number of methoxy groups -OCH3 is 4. The van der Waals surface area contributed by atoms with Crippen LogP contribution in [-0.2, 0) is 23.7 Å². The zero-order valence-electron chi connectivity index (χ0n) is 13.2. The highest BCUT2D eigenvalue weighted by Crippen LogP contribution is 2.33. The molecule has 20 heavy (non-hydrogen) atoms. The van der Waals surface area contributed by atoms with E-state index in [9.17, 15) is 0 Å². The summed E-state index contributed by atoms with van der Waals surface area (Å²) in [5, 5.41) is 0. The van der Waals surface area contributed by atoms with Crippen molar-refractivity contribution in [3.05, 3.63) is 0 Å². The summed E-state index contributed by atoms with van der Waals surface area (Å²) in [5.74, 6) is 1.05. The molecule has 1 saturated heterocycles. The lowest BCUT2D eigenvalue weighted by atomic mass is 9.99. The van der Waals surface area contributed by atoms with Crippen molar-refractivity contribution < 1.29 is 23.7 Å². The molecule has 5 atom stereocenters. The molecule has 1 heterocycles. The molecule has 0 aromatic rings. The monoisotopic (exact) mass is 308 g/mol. The molecule has 0 aromatic heterocycles. The van der Waals surface area contributed by atoms with Gasteiger partial charge < -0.3 is 23.7 Å². The molecule has 1 aliphatic heterocycles. The predicted molar refractivity (Wildman–Crippen MR) is 80.3 cm³/mol. The van der Waals surface area contributed by atoms with Gasteiger partial charge in [0.05, 0.1) is 6.61 Å². The van der Waals surface area contributed by atoms with E-state index in [0.717, 1.165) is 5.75 Å².